The second kappa shape index (κ2) is 7.58. The number of benzene rings is 1. The Kier molecular flexibility index (Phi) is 5.52. The molecule has 0 saturated carbocycles. The van der Waals surface area contributed by atoms with E-state index in [1.54, 1.807) is 19.1 Å². The Morgan fingerprint density at radius 3 is 2.87 bits per heavy atom. The number of nitrogens with zero attached hydrogens (tertiary/aromatic N) is 4. The van der Waals surface area contributed by atoms with Crippen molar-refractivity contribution in [3.05, 3.63) is 24.3 Å². The van der Waals surface area contributed by atoms with Crippen molar-refractivity contribution in [2.24, 2.45) is 5.73 Å². The van der Waals surface area contributed by atoms with Gasteiger partial charge in [0.15, 0.2) is 0 Å². The minimum Gasteiger partial charge on any atom is -0.492 e. The van der Waals surface area contributed by atoms with Crippen molar-refractivity contribution in [2.75, 3.05) is 6.61 Å². The molecule has 23 heavy (non-hydrogen) atoms. The number of imide groups is 1. The van der Waals surface area contributed by atoms with Gasteiger partial charge >= 0.3 is 6.03 Å². The number of aromatic nitrogens is 4. The third-order valence-corrected chi connectivity index (χ3v) is 3.77. The Hall–Kier alpha value is -2.62. The average Bonchev–Trinajstić information content (AvgIpc) is 2.95. The lowest BCUT2D eigenvalue weighted by Crippen LogP contribution is -2.39. The van der Waals surface area contributed by atoms with Gasteiger partial charge in [-0.3, -0.25) is 10.1 Å². The number of urea groups is 1. The predicted molar refractivity (Wildman–Crippen MR) is 83.4 cm³/mol. The summed E-state index contributed by atoms with van der Waals surface area (Å²) in [5, 5.41) is 13.3. The van der Waals surface area contributed by atoms with Crippen molar-refractivity contribution < 1.29 is 14.3 Å². The van der Waals surface area contributed by atoms with Crippen LogP contribution in [0, 0.1) is 0 Å². The van der Waals surface area contributed by atoms with Gasteiger partial charge in [0.25, 0.3) is 0 Å². The SMILES string of the molecule is CCOc1ccccc1-n1nnnc1S[C@H](C)C(=O)NC(N)=O. The van der Waals surface area contributed by atoms with E-state index in [9.17, 15) is 9.59 Å². The molecule has 3 amide bonds. The molecule has 9 nitrogen and oxygen atoms in total. The molecule has 1 heterocycles. The number of primary amides is 1. The van der Waals surface area contributed by atoms with E-state index in [0.717, 1.165) is 11.8 Å². The molecular weight excluding hydrogens is 320 g/mol. The summed E-state index contributed by atoms with van der Waals surface area (Å²) in [6.07, 6.45) is 0. The Balaban J connectivity index is 2.23. The van der Waals surface area contributed by atoms with Gasteiger partial charge in [0.1, 0.15) is 11.4 Å². The van der Waals surface area contributed by atoms with Gasteiger partial charge in [-0.1, -0.05) is 23.9 Å². The van der Waals surface area contributed by atoms with Crippen LogP contribution >= 0.6 is 11.8 Å². The number of thioether (sulfide) groups is 1. The first-order valence-electron chi connectivity index (χ1n) is 6.80. The van der Waals surface area contributed by atoms with Crippen LogP contribution in [-0.4, -0.2) is 44.0 Å². The van der Waals surface area contributed by atoms with Gasteiger partial charge in [-0.15, -0.1) is 5.10 Å². The second-order valence-corrected chi connectivity index (χ2v) is 5.70. The number of amides is 3. The van der Waals surface area contributed by atoms with Crippen LogP contribution in [0.1, 0.15) is 13.8 Å². The first-order valence-corrected chi connectivity index (χ1v) is 7.68. The summed E-state index contributed by atoms with van der Waals surface area (Å²) < 4.78 is 7.03. The molecule has 0 aliphatic carbocycles. The smallest absolute Gasteiger partial charge is 0.318 e. The first kappa shape index (κ1) is 16.7. The molecule has 1 aromatic heterocycles. The number of carbonyl (C=O) groups is 2. The minimum atomic E-state index is -0.899. The van der Waals surface area contributed by atoms with Gasteiger partial charge in [-0.05, 0) is 36.4 Å². The second-order valence-electron chi connectivity index (χ2n) is 4.39. The van der Waals surface area contributed by atoms with Crippen LogP contribution in [0.2, 0.25) is 0 Å². The minimum absolute atomic E-state index is 0.393. The molecule has 10 heteroatoms. The van der Waals surface area contributed by atoms with Crippen molar-refractivity contribution in [1.82, 2.24) is 25.5 Å². The molecular formula is C13H16N6O3S. The highest BCUT2D eigenvalue weighted by Gasteiger charge is 2.21. The average molecular weight is 336 g/mol. The molecule has 0 saturated heterocycles. The quantitative estimate of drug-likeness (QED) is 0.745. The van der Waals surface area contributed by atoms with Crippen LogP contribution in [0.5, 0.6) is 5.75 Å². The number of para-hydroxylation sites is 2. The van der Waals surface area contributed by atoms with Crippen LogP contribution in [0.3, 0.4) is 0 Å². The van der Waals surface area contributed by atoms with E-state index >= 15 is 0 Å². The molecule has 1 atom stereocenters. The van der Waals surface area contributed by atoms with E-state index in [0.29, 0.717) is 23.2 Å². The Morgan fingerprint density at radius 2 is 2.17 bits per heavy atom. The molecule has 0 fully saturated rings. The van der Waals surface area contributed by atoms with Crippen LogP contribution in [0.15, 0.2) is 29.4 Å². The number of hydrogen-bond donors (Lipinski definition) is 2. The molecule has 0 spiro atoms. The van der Waals surface area contributed by atoms with Gasteiger partial charge in [0, 0.05) is 0 Å². The molecule has 2 rings (SSSR count). The van der Waals surface area contributed by atoms with Gasteiger partial charge in [0.05, 0.1) is 11.9 Å². The predicted octanol–water partition coefficient (Wildman–Crippen LogP) is 0.736. The first-order chi connectivity index (χ1) is 11.0. The van der Waals surface area contributed by atoms with E-state index in [2.05, 4.69) is 15.5 Å². The Bertz CT molecular complexity index is 705. The number of hydrogen-bond acceptors (Lipinski definition) is 7. The Morgan fingerprint density at radius 1 is 1.43 bits per heavy atom. The fourth-order valence-electron chi connectivity index (χ4n) is 1.75. The van der Waals surface area contributed by atoms with Gasteiger partial charge < -0.3 is 10.5 Å². The number of ether oxygens (including phenoxy) is 1. The van der Waals surface area contributed by atoms with Crippen LogP contribution in [0.4, 0.5) is 4.79 Å². The fourth-order valence-corrected chi connectivity index (χ4v) is 2.55. The lowest BCUT2D eigenvalue weighted by atomic mass is 10.3. The van der Waals surface area contributed by atoms with Gasteiger partial charge in [-0.2, -0.15) is 4.68 Å². The summed E-state index contributed by atoms with van der Waals surface area (Å²) in [7, 11) is 0. The monoisotopic (exact) mass is 336 g/mol. The summed E-state index contributed by atoms with van der Waals surface area (Å²) >= 11 is 1.10. The maximum atomic E-state index is 11.8. The van der Waals surface area contributed by atoms with Crippen molar-refractivity contribution in [3.8, 4) is 11.4 Å². The highest BCUT2D eigenvalue weighted by Crippen LogP contribution is 2.27. The van der Waals surface area contributed by atoms with Gasteiger partial charge in [-0.25, -0.2) is 4.79 Å². The number of nitrogens with two attached hydrogens (primary N) is 1. The maximum Gasteiger partial charge on any atom is 0.318 e. The van der Waals surface area contributed by atoms with Crippen molar-refractivity contribution in [3.63, 3.8) is 0 Å². The van der Waals surface area contributed by atoms with Crippen molar-refractivity contribution in [2.45, 2.75) is 24.3 Å². The maximum absolute atomic E-state index is 11.8. The number of tetrazole rings is 1. The lowest BCUT2D eigenvalue weighted by Gasteiger charge is -2.12. The molecule has 0 bridgehead atoms. The molecule has 3 N–H and O–H groups in total. The van der Waals surface area contributed by atoms with E-state index in [4.69, 9.17) is 10.5 Å². The van der Waals surface area contributed by atoms with Gasteiger partial charge in [0.2, 0.25) is 11.1 Å². The Labute approximate surface area is 136 Å². The van der Waals surface area contributed by atoms with E-state index in [-0.39, 0.29) is 0 Å². The van der Waals surface area contributed by atoms with Crippen LogP contribution < -0.4 is 15.8 Å². The third kappa shape index (κ3) is 4.19. The molecule has 0 aliphatic rings. The molecule has 0 aliphatic heterocycles. The van der Waals surface area contributed by atoms with Crippen LogP contribution in [0.25, 0.3) is 5.69 Å². The highest BCUT2D eigenvalue weighted by atomic mass is 32.2. The number of carbonyl (C=O) groups excluding carboxylic acids is 2. The van der Waals surface area contributed by atoms with Crippen LogP contribution in [-0.2, 0) is 4.79 Å². The molecule has 0 unspecified atom stereocenters. The zero-order chi connectivity index (χ0) is 16.8. The molecule has 1 aromatic carbocycles. The fraction of sp³-hybridized carbons (Fsp3) is 0.308. The molecule has 122 valence electrons. The summed E-state index contributed by atoms with van der Waals surface area (Å²) in [6, 6.07) is 6.38. The van der Waals surface area contributed by atoms with Crippen molar-refractivity contribution in [1.29, 1.82) is 0 Å². The summed E-state index contributed by atoms with van der Waals surface area (Å²) in [6.45, 7) is 4.00. The summed E-state index contributed by atoms with van der Waals surface area (Å²) in [5.74, 6) is 0.105. The molecule has 2 aromatic rings. The largest absolute Gasteiger partial charge is 0.492 e. The van der Waals surface area contributed by atoms with E-state index < -0.39 is 17.2 Å². The normalized spacial score (nSPS) is 11.7. The highest BCUT2D eigenvalue weighted by molar-refractivity contribution is 8.00. The zero-order valence-corrected chi connectivity index (χ0v) is 13.4. The summed E-state index contributed by atoms with van der Waals surface area (Å²) in [5.41, 5.74) is 5.59. The summed E-state index contributed by atoms with van der Waals surface area (Å²) in [4.78, 5) is 22.5. The third-order valence-electron chi connectivity index (χ3n) is 2.73. The topological polar surface area (TPSA) is 125 Å². The van der Waals surface area contributed by atoms with E-state index in [1.165, 1.54) is 4.68 Å². The van der Waals surface area contributed by atoms with Crippen molar-refractivity contribution >= 4 is 23.7 Å². The number of nitrogens with one attached hydrogen (secondary N) is 1. The molecule has 0 radical (unpaired) electrons. The zero-order valence-electron chi connectivity index (χ0n) is 12.6. The standard InChI is InChI=1S/C13H16N6O3S/c1-3-22-10-7-5-4-6-9(10)19-13(16-17-18-19)23-8(2)11(20)15-12(14)21/h4-8H,3H2,1-2H3,(H3,14,15,20,21)/t8-/m1/s1. The number of rotatable bonds is 6. The van der Waals surface area contributed by atoms with E-state index in [1.807, 2.05) is 24.4 Å². The lowest BCUT2D eigenvalue weighted by molar-refractivity contribution is -0.119.